The van der Waals surface area contributed by atoms with Gasteiger partial charge < -0.3 is 15.2 Å². The van der Waals surface area contributed by atoms with Gasteiger partial charge in [-0.1, -0.05) is 20.8 Å². The van der Waals surface area contributed by atoms with Crippen molar-refractivity contribution in [3.8, 4) is 0 Å². The van der Waals surface area contributed by atoms with E-state index in [4.69, 9.17) is 4.74 Å². The molecule has 3 unspecified atom stereocenters. The van der Waals surface area contributed by atoms with E-state index in [1.165, 1.54) is 0 Å². The molecule has 112 valence electrons. The second-order valence-corrected chi connectivity index (χ2v) is 7.08. The first kappa shape index (κ1) is 16.4. The number of aliphatic hydroxyl groups is 1. The fourth-order valence-corrected chi connectivity index (χ4v) is 2.84. The quantitative estimate of drug-likeness (QED) is 0.823. The molecule has 0 aromatic carbocycles. The number of hydrogen-bond donors (Lipinski definition) is 2. The van der Waals surface area contributed by atoms with Crippen molar-refractivity contribution < 1.29 is 14.6 Å². The monoisotopic (exact) mass is 271 g/mol. The van der Waals surface area contributed by atoms with Crippen LogP contribution in [0.2, 0.25) is 0 Å². The van der Waals surface area contributed by atoms with Gasteiger partial charge in [0.2, 0.25) is 5.91 Å². The van der Waals surface area contributed by atoms with Gasteiger partial charge >= 0.3 is 0 Å². The number of carbonyl (C=O) groups is 1. The van der Waals surface area contributed by atoms with Gasteiger partial charge in [-0.05, 0) is 38.5 Å². The fraction of sp³-hybridized carbons (Fsp3) is 0.933. The highest BCUT2D eigenvalue weighted by Gasteiger charge is 2.31. The molecule has 0 aliphatic carbocycles. The molecular formula is C15H29NO3. The third-order valence-electron chi connectivity index (χ3n) is 3.49. The number of aliphatic hydroxyl groups excluding tert-OH is 1. The third-order valence-corrected chi connectivity index (χ3v) is 3.49. The van der Waals surface area contributed by atoms with Crippen LogP contribution in [0.1, 0.15) is 53.9 Å². The van der Waals surface area contributed by atoms with Crippen molar-refractivity contribution in [1.29, 1.82) is 0 Å². The van der Waals surface area contributed by atoms with Gasteiger partial charge in [0, 0.05) is 5.92 Å². The molecule has 4 nitrogen and oxygen atoms in total. The molecule has 0 aromatic heterocycles. The molecule has 19 heavy (non-hydrogen) atoms. The summed E-state index contributed by atoms with van der Waals surface area (Å²) in [6, 6.07) is -0.152. The molecule has 1 heterocycles. The number of rotatable bonds is 4. The largest absolute Gasteiger partial charge is 0.394 e. The third kappa shape index (κ3) is 5.91. The van der Waals surface area contributed by atoms with Crippen LogP contribution >= 0.6 is 0 Å². The molecule has 1 aliphatic heterocycles. The summed E-state index contributed by atoms with van der Waals surface area (Å²) in [5, 5.41) is 12.4. The number of ether oxygens (including phenoxy) is 1. The lowest BCUT2D eigenvalue weighted by atomic mass is 9.87. The molecule has 0 saturated carbocycles. The van der Waals surface area contributed by atoms with Crippen LogP contribution in [-0.2, 0) is 9.53 Å². The van der Waals surface area contributed by atoms with Gasteiger partial charge in [0.05, 0.1) is 24.9 Å². The fourth-order valence-electron chi connectivity index (χ4n) is 2.84. The first-order valence-corrected chi connectivity index (χ1v) is 7.28. The highest BCUT2D eigenvalue weighted by molar-refractivity contribution is 5.79. The number of nitrogens with one attached hydrogen (secondary N) is 1. The van der Waals surface area contributed by atoms with Crippen molar-refractivity contribution in [3.63, 3.8) is 0 Å². The molecule has 1 aliphatic rings. The molecule has 4 heteroatoms. The Labute approximate surface area is 116 Å². The summed E-state index contributed by atoms with van der Waals surface area (Å²) in [5.41, 5.74) is 0.0942. The van der Waals surface area contributed by atoms with E-state index in [9.17, 15) is 9.90 Å². The van der Waals surface area contributed by atoms with Crippen LogP contribution in [-0.4, -0.2) is 35.9 Å². The summed E-state index contributed by atoms with van der Waals surface area (Å²) >= 11 is 0. The molecular weight excluding hydrogens is 242 g/mol. The van der Waals surface area contributed by atoms with E-state index in [1.807, 2.05) is 13.8 Å². The second-order valence-electron chi connectivity index (χ2n) is 7.08. The minimum atomic E-state index is -0.152. The van der Waals surface area contributed by atoms with Crippen LogP contribution in [0.3, 0.4) is 0 Å². The highest BCUT2D eigenvalue weighted by atomic mass is 16.5. The van der Waals surface area contributed by atoms with Gasteiger partial charge in [0.1, 0.15) is 0 Å². The predicted octanol–water partition coefficient (Wildman–Crippen LogP) is 2.10. The van der Waals surface area contributed by atoms with Gasteiger partial charge in [-0.15, -0.1) is 0 Å². The first-order chi connectivity index (χ1) is 8.71. The predicted molar refractivity (Wildman–Crippen MR) is 75.8 cm³/mol. The minimum Gasteiger partial charge on any atom is -0.394 e. The minimum absolute atomic E-state index is 0.00264. The van der Waals surface area contributed by atoms with E-state index < -0.39 is 0 Å². The Balaban J connectivity index is 2.52. The summed E-state index contributed by atoms with van der Waals surface area (Å²) in [7, 11) is 0. The van der Waals surface area contributed by atoms with Crippen molar-refractivity contribution >= 4 is 5.91 Å². The number of amides is 1. The molecule has 0 aromatic rings. The normalized spacial score (nSPS) is 29.9. The van der Waals surface area contributed by atoms with E-state index in [1.54, 1.807) is 0 Å². The topological polar surface area (TPSA) is 58.6 Å². The Morgan fingerprint density at radius 3 is 2.26 bits per heavy atom. The maximum absolute atomic E-state index is 12.3. The average Bonchev–Trinajstić information content (AvgIpc) is 2.24. The van der Waals surface area contributed by atoms with E-state index in [-0.39, 0.29) is 42.1 Å². The Bertz CT molecular complexity index is 288. The molecule has 1 fully saturated rings. The molecule has 0 bridgehead atoms. The number of carbonyl (C=O) groups excluding carboxylic acids is 1. The Kier molecular flexibility index (Phi) is 5.81. The smallest absolute Gasteiger partial charge is 0.223 e. The zero-order valence-electron chi connectivity index (χ0n) is 12.9. The summed E-state index contributed by atoms with van der Waals surface area (Å²) < 4.78 is 5.65. The summed E-state index contributed by atoms with van der Waals surface area (Å²) in [6.07, 6.45) is 2.58. The van der Waals surface area contributed by atoms with Gasteiger partial charge in [-0.3, -0.25) is 4.79 Å². The van der Waals surface area contributed by atoms with Gasteiger partial charge in [-0.2, -0.15) is 0 Å². The van der Waals surface area contributed by atoms with Gasteiger partial charge in [-0.25, -0.2) is 0 Å². The van der Waals surface area contributed by atoms with E-state index in [0.29, 0.717) is 0 Å². The molecule has 3 atom stereocenters. The average molecular weight is 271 g/mol. The lowest BCUT2D eigenvalue weighted by molar-refractivity contribution is -0.134. The van der Waals surface area contributed by atoms with Crippen molar-refractivity contribution in [2.75, 3.05) is 6.61 Å². The lowest BCUT2D eigenvalue weighted by Crippen LogP contribution is -2.45. The zero-order valence-corrected chi connectivity index (χ0v) is 12.9. The van der Waals surface area contributed by atoms with Gasteiger partial charge in [0.15, 0.2) is 0 Å². The number of hydrogen-bond acceptors (Lipinski definition) is 3. The Morgan fingerprint density at radius 1 is 1.32 bits per heavy atom. The highest BCUT2D eigenvalue weighted by Crippen LogP contribution is 2.26. The van der Waals surface area contributed by atoms with Crippen LogP contribution < -0.4 is 5.32 Å². The van der Waals surface area contributed by atoms with E-state index >= 15 is 0 Å². The lowest BCUT2D eigenvalue weighted by Gasteiger charge is -2.33. The summed E-state index contributed by atoms with van der Waals surface area (Å²) in [4.78, 5) is 12.3. The molecule has 2 N–H and O–H groups in total. The maximum atomic E-state index is 12.3. The summed E-state index contributed by atoms with van der Waals surface area (Å²) in [6.45, 7) is 10.3. The van der Waals surface area contributed by atoms with Crippen LogP contribution in [0.4, 0.5) is 0 Å². The molecule has 1 amide bonds. The van der Waals surface area contributed by atoms with Crippen LogP contribution in [0.15, 0.2) is 0 Å². The van der Waals surface area contributed by atoms with Crippen molar-refractivity contribution in [2.45, 2.75) is 72.1 Å². The van der Waals surface area contributed by atoms with Gasteiger partial charge in [0.25, 0.3) is 0 Å². The second kappa shape index (κ2) is 6.71. The molecule has 0 spiro atoms. The molecule has 0 radical (unpaired) electrons. The van der Waals surface area contributed by atoms with E-state index in [0.717, 1.165) is 19.3 Å². The SMILES string of the molecule is CC1CC(C(=O)NC(CO)CC(C)(C)C)CC(C)O1. The van der Waals surface area contributed by atoms with Crippen molar-refractivity contribution in [1.82, 2.24) is 5.32 Å². The van der Waals surface area contributed by atoms with Crippen molar-refractivity contribution in [2.24, 2.45) is 11.3 Å². The maximum Gasteiger partial charge on any atom is 0.223 e. The zero-order chi connectivity index (χ0) is 14.6. The standard InChI is InChI=1S/C15H29NO3/c1-10-6-12(7-11(2)19-10)14(18)16-13(9-17)8-15(3,4)5/h10-13,17H,6-9H2,1-5H3,(H,16,18). The summed E-state index contributed by atoms with van der Waals surface area (Å²) in [5.74, 6) is 0.0677. The Morgan fingerprint density at radius 2 is 1.84 bits per heavy atom. The first-order valence-electron chi connectivity index (χ1n) is 7.28. The Hall–Kier alpha value is -0.610. The van der Waals surface area contributed by atoms with Crippen molar-refractivity contribution in [3.05, 3.63) is 0 Å². The molecule has 1 saturated heterocycles. The molecule has 1 rings (SSSR count). The van der Waals surface area contributed by atoms with Crippen LogP contribution in [0.5, 0.6) is 0 Å². The van der Waals surface area contributed by atoms with E-state index in [2.05, 4.69) is 26.1 Å². The van der Waals surface area contributed by atoms with Crippen LogP contribution in [0.25, 0.3) is 0 Å². The van der Waals surface area contributed by atoms with Crippen LogP contribution in [0, 0.1) is 11.3 Å².